The lowest BCUT2D eigenvalue weighted by molar-refractivity contribution is 0.0954. The summed E-state index contributed by atoms with van der Waals surface area (Å²) in [5.41, 5.74) is 0.612. The van der Waals surface area contributed by atoms with Crippen LogP contribution >= 0.6 is 24.0 Å². The predicted octanol–water partition coefficient (Wildman–Crippen LogP) is 2.33. The first kappa shape index (κ1) is 26.4. The maximum absolute atomic E-state index is 12.1. The summed E-state index contributed by atoms with van der Waals surface area (Å²) in [5, 5.41) is 9.41. The van der Waals surface area contributed by atoms with Gasteiger partial charge in [0.05, 0.1) is 7.11 Å². The number of ether oxygens (including phenoxy) is 1. The highest BCUT2D eigenvalue weighted by Gasteiger charge is 2.12. The number of hydrogen-bond acceptors (Lipinski definition) is 4. The van der Waals surface area contributed by atoms with Gasteiger partial charge in [-0.05, 0) is 52.0 Å². The van der Waals surface area contributed by atoms with Crippen LogP contribution in [0.25, 0.3) is 0 Å². The number of aliphatic imine (C=N–C) groups is 1. The van der Waals surface area contributed by atoms with E-state index in [0.29, 0.717) is 30.7 Å². The van der Waals surface area contributed by atoms with E-state index in [0.717, 1.165) is 24.8 Å². The Kier molecular flexibility index (Phi) is 13.6. The molecule has 0 saturated carbocycles. The fourth-order valence-corrected chi connectivity index (χ4v) is 2.84. The summed E-state index contributed by atoms with van der Waals surface area (Å²) in [7, 11) is 3.35. The van der Waals surface area contributed by atoms with Gasteiger partial charge >= 0.3 is 0 Å². The first-order chi connectivity index (χ1) is 12.9. The van der Waals surface area contributed by atoms with Crippen LogP contribution in [-0.2, 0) is 0 Å². The average molecular weight is 505 g/mol. The zero-order valence-corrected chi connectivity index (χ0v) is 20.2. The van der Waals surface area contributed by atoms with E-state index in [2.05, 4.69) is 53.5 Å². The first-order valence-electron chi connectivity index (χ1n) is 9.51. The summed E-state index contributed by atoms with van der Waals surface area (Å²) >= 11 is 0. The predicted molar refractivity (Wildman–Crippen MR) is 127 cm³/mol. The molecule has 8 heteroatoms. The van der Waals surface area contributed by atoms with Crippen LogP contribution in [0.4, 0.5) is 0 Å². The van der Waals surface area contributed by atoms with Crippen molar-refractivity contribution in [2.75, 3.05) is 40.3 Å². The first-order valence-corrected chi connectivity index (χ1v) is 9.51. The van der Waals surface area contributed by atoms with Crippen LogP contribution in [0.1, 0.15) is 38.1 Å². The molecule has 0 aliphatic rings. The highest BCUT2D eigenvalue weighted by molar-refractivity contribution is 14.0. The second kappa shape index (κ2) is 14.4. The molecule has 0 bridgehead atoms. The van der Waals surface area contributed by atoms with E-state index in [1.165, 1.54) is 0 Å². The molecule has 0 aromatic heterocycles. The van der Waals surface area contributed by atoms with E-state index < -0.39 is 0 Å². The Bertz CT molecular complexity index is 583. The van der Waals surface area contributed by atoms with Gasteiger partial charge in [-0.3, -0.25) is 14.7 Å². The fraction of sp³-hybridized carbons (Fsp3) is 0.600. The number of amides is 1. The average Bonchev–Trinajstić information content (AvgIpc) is 2.65. The third kappa shape index (κ3) is 9.59. The number of guanidine groups is 1. The minimum absolute atomic E-state index is 0. The van der Waals surface area contributed by atoms with Crippen molar-refractivity contribution in [1.82, 2.24) is 20.9 Å². The van der Waals surface area contributed by atoms with Crippen molar-refractivity contribution in [3.8, 4) is 5.75 Å². The van der Waals surface area contributed by atoms with Gasteiger partial charge in [-0.1, -0.05) is 0 Å². The molecule has 0 heterocycles. The molecule has 3 N–H and O–H groups in total. The number of carbonyl (C=O) groups excluding carboxylic acids is 1. The lowest BCUT2D eigenvalue weighted by atomic mass is 10.2. The molecular formula is C20H36IN5O2. The number of benzene rings is 1. The topological polar surface area (TPSA) is 78.0 Å². The Labute approximate surface area is 186 Å². The molecule has 0 saturated heterocycles. The van der Waals surface area contributed by atoms with E-state index in [4.69, 9.17) is 4.74 Å². The van der Waals surface area contributed by atoms with Crippen LogP contribution in [0.5, 0.6) is 5.75 Å². The second-order valence-electron chi connectivity index (χ2n) is 6.84. The number of nitrogens with one attached hydrogen (secondary N) is 3. The second-order valence-corrected chi connectivity index (χ2v) is 6.84. The zero-order chi connectivity index (χ0) is 20.2. The van der Waals surface area contributed by atoms with Gasteiger partial charge in [-0.15, -0.1) is 24.0 Å². The molecule has 0 fully saturated rings. The molecule has 1 rings (SSSR count). The summed E-state index contributed by atoms with van der Waals surface area (Å²) in [6.45, 7) is 11.7. The summed E-state index contributed by atoms with van der Waals surface area (Å²) in [5.74, 6) is 1.37. The van der Waals surface area contributed by atoms with Crippen LogP contribution < -0.4 is 20.7 Å². The molecule has 1 aromatic rings. The summed E-state index contributed by atoms with van der Waals surface area (Å²) < 4.78 is 5.09. The Morgan fingerprint density at radius 3 is 2.04 bits per heavy atom. The minimum Gasteiger partial charge on any atom is -0.497 e. The Morgan fingerprint density at radius 2 is 1.54 bits per heavy atom. The van der Waals surface area contributed by atoms with Gasteiger partial charge in [0.1, 0.15) is 5.75 Å². The van der Waals surface area contributed by atoms with Crippen LogP contribution in [0.2, 0.25) is 0 Å². The van der Waals surface area contributed by atoms with Gasteiger partial charge in [0.25, 0.3) is 5.91 Å². The molecule has 28 heavy (non-hydrogen) atoms. The number of hydrogen-bond donors (Lipinski definition) is 3. The Balaban J connectivity index is 0.00000729. The molecule has 0 radical (unpaired) electrons. The van der Waals surface area contributed by atoms with Crippen molar-refractivity contribution in [2.45, 2.75) is 39.8 Å². The van der Waals surface area contributed by atoms with Crippen molar-refractivity contribution in [3.63, 3.8) is 0 Å². The van der Waals surface area contributed by atoms with E-state index in [9.17, 15) is 4.79 Å². The number of nitrogens with zero attached hydrogens (tertiary/aromatic N) is 2. The minimum atomic E-state index is -0.105. The van der Waals surface area contributed by atoms with Gasteiger partial charge in [0.15, 0.2) is 5.96 Å². The van der Waals surface area contributed by atoms with Crippen molar-refractivity contribution in [2.24, 2.45) is 4.99 Å². The molecule has 0 aliphatic heterocycles. The molecule has 0 spiro atoms. The Morgan fingerprint density at radius 1 is 1.00 bits per heavy atom. The van der Waals surface area contributed by atoms with Crippen molar-refractivity contribution >= 4 is 35.8 Å². The molecule has 0 atom stereocenters. The van der Waals surface area contributed by atoms with Crippen LogP contribution in [0, 0.1) is 0 Å². The molecule has 7 nitrogen and oxygen atoms in total. The maximum atomic E-state index is 12.1. The van der Waals surface area contributed by atoms with Crippen molar-refractivity contribution in [1.29, 1.82) is 0 Å². The maximum Gasteiger partial charge on any atom is 0.251 e. The third-order valence-electron chi connectivity index (χ3n) is 4.27. The van der Waals surface area contributed by atoms with Gasteiger partial charge in [-0.25, -0.2) is 0 Å². The van der Waals surface area contributed by atoms with E-state index in [1.807, 2.05) is 0 Å². The smallest absolute Gasteiger partial charge is 0.251 e. The normalized spacial score (nSPS) is 11.4. The van der Waals surface area contributed by atoms with Gasteiger partial charge in [0, 0.05) is 50.9 Å². The standard InChI is InChI=1S/C20H35N5O2.HI/c1-15(2)25(16(3)4)14-13-24-20(21-5)23-12-11-22-19(26)17-7-9-18(27-6)10-8-17;/h7-10,15-16H,11-14H2,1-6H3,(H,22,26)(H2,21,23,24);1H. The lowest BCUT2D eigenvalue weighted by Gasteiger charge is -2.30. The molecule has 0 aliphatic carbocycles. The molecule has 0 unspecified atom stereocenters. The fourth-order valence-electron chi connectivity index (χ4n) is 2.84. The number of carbonyl (C=O) groups is 1. The molecule has 1 aromatic carbocycles. The van der Waals surface area contributed by atoms with Gasteiger partial charge in [-0.2, -0.15) is 0 Å². The largest absolute Gasteiger partial charge is 0.497 e. The zero-order valence-electron chi connectivity index (χ0n) is 17.9. The molecular weight excluding hydrogens is 469 g/mol. The lowest BCUT2D eigenvalue weighted by Crippen LogP contribution is -2.46. The van der Waals surface area contributed by atoms with Crippen LogP contribution in [-0.4, -0.2) is 69.2 Å². The van der Waals surface area contributed by atoms with Crippen LogP contribution in [0.3, 0.4) is 0 Å². The van der Waals surface area contributed by atoms with E-state index >= 15 is 0 Å². The van der Waals surface area contributed by atoms with E-state index in [1.54, 1.807) is 38.4 Å². The molecule has 1 amide bonds. The van der Waals surface area contributed by atoms with Crippen molar-refractivity contribution < 1.29 is 9.53 Å². The summed E-state index contributed by atoms with van der Waals surface area (Å²) in [6, 6.07) is 8.06. The monoisotopic (exact) mass is 505 g/mol. The summed E-state index contributed by atoms with van der Waals surface area (Å²) in [6.07, 6.45) is 0. The number of halogens is 1. The highest BCUT2D eigenvalue weighted by Crippen LogP contribution is 2.10. The summed E-state index contributed by atoms with van der Waals surface area (Å²) in [4.78, 5) is 18.7. The quantitative estimate of drug-likeness (QED) is 0.197. The van der Waals surface area contributed by atoms with E-state index in [-0.39, 0.29) is 29.9 Å². The molecule has 160 valence electrons. The number of rotatable bonds is 10. The van der Waals surface area contributed by atoms with Gasteiger partial charge in [0.2, 0.25) is 0 Å². The third-order valence-corrected chi connectivity index (χ3v) is 4.27. The van der Waals surface area contributed by atoms with Crippen LogP contribution in [0.15, 0.2) is 29.3 Å². The number of methoxy groups -OCH3 is 1. The Hall–Kier alpha value is -1.55. The van der Waals surface area contributed by atoms with Crippen molar-refractivity contribution in [3.05, 3.63) is 29.8 Å². The van der Waals surface area contributed by atoms with Gasteiger partial charge < -0.3 is 20.7 Å². The highest BCUT2D eigenvalue weighted by atomic mass is 127. The SMILES string of the molecule is CN=C(NCCNC(=O)c1ccc(OC)cc1)NCCN(C(C)C)C(C)C.I.